The predicted molar refractivity (Wildman–Crippen MR) is 109 cm³/mol. The standard InChI is InChI=1S/C21H22N6O2/c22-21-24-17-9-5-4-8-15(17)19(25-21)20(29)23-12-13-27-18(28)11-10-16(26-27)14-6-2-1-3-7-14/h1-3,6-7,10-11H,4-5,8-9,12-13H2,(H,23,29)(H2,22,24,25). The van der Waals surface area contributed by atoms with Crippen LogP contribution in [0.5, 0.6) is 0 Å². The van der Waals surface area contributed by atoms with Gasteiger partial charge in [0.15, 0.2) is 0 Å². The minimum Gasteiger partial charge on any atom is -0.368 e. The molecule has 0 saturated heterocycles. The van der Waals surface area contributed by atoms with Crippen molar-refractivity contribution < 1.29 is 4.79 Å². The highest BCUT2D eigenvalue weighted by Gasteiger charge is 2.21. The van der Waals surface area contributed by atoms with Gasteiger partial charge in [0.1, 0.15) is 5.69 Å². The van der Waals surface area contributed by atoms with Gasteiger partial charge in [0.2, 0.25) is 5.95 Å². The molecular weight excluding hydrogens is 368 g/mol. The summed E-state index contributed by atoms with van der Waals surface area (Å²) in [4.78, 5) is 33.2. The van der Waals surface area contributed by atoms with E-state index in [1.54, 1.807) is 6.07 Å². The smallest absolute Gasteiger partial charge is 0.270 e. The Morgan fingerprint density at radius 1 is 1.07 bits per heavy atom. The minimum absolute atomic E-state index is 0.115. The summed E-state index contributed by atoms with van der Waals surface area (Å²) in [5.41, 5.74) is 9.26. The molecule has 4 rings (SSSR count). The molecule has 1 amide bonds. The van der Waals surface area contributed by atoms with Crippen LogP contribution in [0, 0.1) is 0 Å². The number of amides is 1. The molecule has 0 unspecified atom stereocenters. The number of fused-ring (bicyclic) bond motifs is 1. The molecular formula is C21H22N6O2. The van der Waals surface area contributed by atoms with Gasteiger partial charge < -0.3 is 11.1 Å². The van der Waals surface area contributed by atoms with Crippen LogP contribution >= 0.6 is 0 Å². The number of carbonyl (C=O) groups is 1. The molecule has 2 heterocycles. The molecule has 1 aliphatic carbocycles. The van der Waals surface area contributed by atoms with Gasteiger partial charge in [0.25, 0.3) is 11.5 Å². The zero-order valence-electron chi connectivity index (χ0n) is 16.0. The fourth-order valence-electron chi connectivity index (χ4n) is 3.53. The van der Waals surface area contributed by atoms with Gasteiger partial charge in [-0.3, -0.25) is 9.59 Å². The Bertz CT molecular complexity index is 1090. The van der Waals surface area contributed by atoms with Gasteiger partial charge in [0, 0.05) is 29.4 Å². The zero-order valence-corrected chi connectivity index (χ0v) is 16.0. The number of aromatic nitrogens is 4. The Balaban J connectivity index is 1.47. The average Bonchev–Trinajstić information content (AvgIpc) is 2.75. The molecule has 148 valence electrons. The van der Waals surface area contributed by atoms with Gasteiger partial charge >= 0.3 is 0 Å². The van der Waals surface area contributed by atoms with Crippen LogP contribution in [0.2, 0.25) is 0 Å². The monoisotopic (exact) mass is 390 g/mol. The Labute approximate surface area is 167 Å². The Kier molecular flexibility index (Phi) is 5.33. The highest BCUT2D eigenvalue weighted by atomic mass is 16.2. The first-order valence-electron chi connectivity index (χ1n) is 9.69. The maximum absolute atomic E-state index is 12.7. The fraction of sp³-hybridized carbons (Fsp3) is 0.286. The summed E-state index contributed by atoms with van der Waals surface area (Å²) >= 11 is 0. The number of nitrogens with two attached hydrogens (primary N) is 1. The van der Waals surface area contributed by atoms with Crippen molar-refractivity contribution in [2.75, 3.05) is 12.3 Å². The van der Waals surface area contributed by atoms with Crippen molar-refractivity contribution in [3.05, 3.63) is 69.8 Å². The molecule has 8 heteroatoms. The van der Waals surface area contributed by atoms with E-state index in [0.29, 0.717) is 11.4 Å². The van der Waals surface area contributed by atoms with E-state index in [-0.39, 0.29) is 30.5 Å². The number of anilines is 1. The van der Waals surface area contributed by atoms with Gasteiger partial charge in [-0.05, 0) is 31.7 Å². The first-order valence-corrected chi connectivity index (χ1v) is 9.69. The second kappa shape index (κ2) is 8.22. The normalized spacial score (nSPS) is 13.0. The predicted octanol–water partition coefficient (Wildman–Crippen LogP) is 1.59. The SMILES string of the molecule is Nc1nc2c(c(C(=O)NCCn3nc(-c4ccccc4)ccc3=O)n1)CCCC2. The van der Waals surface area contributed by atoms with Gasteiger partial charge in [0.05, 0.1) is 12.2 Å². The number of benzene rings is 1. The summed E-state index contributed by atoms with van der Waals surface area (Å²) in [6, 6.07) is 12.8. The number of nitrogens with zero attached hydrogens (tertiary/aromatic N) is 4. The number of aryl methyl sites for hydroxylation is 1. The molecule has 0 bridgehead atoms. The van der Waals surface area contributed by atoms with E-state index in [9.17, 15) is 9.59 Å². The molecule has 0 radical (unpaired) electrons. The molecule has 3 N–H and O–H groups in total. The maximum atomic E-state index is 12.7. The van der Waals surface area contributed by atoms with E-state index in [0.717, 1.165) is 42.5 Å². The number of rotatable bonds is 5. The zero-order chi connectivity index (χ0) is 20.2. The quantitative estimate of drug-likeness (QED) is 0.683. The summed E-state index contributed by atoms with van der Waals surface area (Å²) < 4.78 is 1.35. The van der Waals surface area contributed by atoms with Crippen LogP contribution in [-0.4, -0.2) is 32.2 Å². The summed E-state index contributed by atoms with van der Waals surface area (Å²) in [5, 5.41) is 7.23. The van der Waals surface area contributed by atoms with E-state index < -0.39 is 0 Å². The third-order valence-corrected chi connectivity index (χ3v) is 4.96. The van der Waals surface area contributed by atoms with Gasteiger partial charge in [-0.2, -0.15) is 5.10 Å². The lowest BCUT2D eigenvalue weighted by molar-refractivity contribution is 0.0945. The van der Waals surface area contributed by atoms with Crippen molar-refractivity contribution in [3.8, 4) is 11.3 Å². The van der Waals surface area contributed by atoms with Crippen LogP contribution in [0.25, 0.3) is 11.3 Å². The number of hydrogen-bond acceptors (Lipinski definition) is 6. The van der Waals surface area contributed by atoms with Crippen molar-refractivity contribution in [2.24, 2.45) is 0 Å². The molecule has 0 spiro atoms. The fourth-order valence-corrected chi connectivity index (χ4v) is 3.53. The lowest BCUT2D eigenvalue weighted by Gasteiger charge is -2.18. The Morgan fingerprint density at radius 3 is 2.69 bits per heavy atom. The molecule has 0 aliphatic heterocycles. The first kappa shape index (κ1) is 18.8. The van der Waals surface area contributed by atoms with E-state index in [1.807, 2.05) is 30.3 Å². The highest BCUT2D eigenvalue weighted by molar-refractivity contribution is 5.94. The summed E-state index contributed by atoms with van der Waals surface area (Å²) in [5.74, 6) is -0.186. The summed E-state index contributed by atoms with van der Waals surface area (Å²) in [6.45, 7) is 0.511. The number of hydrogen-bond donors (Lipinski definition) is 2. The first-order chi connectivity index (χ1) is 14.1. The van der Waals surface area contributed by atoms with E-state index in [2.05, 4.69) is 20.4 Å². The van der Waals surface area contributed by atoms with Crippen molar-refractivity contribution >= 4 is 11.9 Å². The Morgan fingerprint density at radius 2 is 1.86 bits per heavy atom. The van der Waals surface area contributed by atoms with Gasteiger partial charge in [-0.25, -0.2) is 14.6 Å². The topological polar surface area (TPSA) is 116 Å². The molecule has 8 nitrogen and oxygen atoms in total. The molecule has 0 fully saturated rings. The summed E-state index contributed by atoms with van der Waals surface area (Å²) in [6.07, 6.45) is 3.63. The van der Waals surface area contributed by atoms with Crippen LogP contribution in [0.4, 0.5) is 5.95 Å². The second-order valence-electron chi connectivity index (χ2n) is 6.96. The minimum atomic E-state index is -0.301. The molecule has 1 aliphatic rings. The van der Waals surface area contributed by atoms with Crippen LogP contribution in [0.1, 0.15) is 34.6 Å². The third kappa shape index (κ3) is 4.16. The van der Waals surface area contributed by atoms with Crippen molar-refractivity contribution in [3.63, 3.8) is 0 Å². The number of nitrogen functional groups attached to an aromatic ring is 1. The van der Waals surface area contributed by atoms with Crippen LogP contribution < -0.4 is 16.6 Å². The highest BCUT2D eigenvalue weighted by Crippen LogP contribution is 2.22. The molecule has 0 atom stereocenters. The van der Waals surface area contributed by atoms with Crippen LogP contribution in [0.15, 0.2) is 47.3 Å². The van der Waals surface area contributed by atoms with Gasteiger partial charge in [-0.1, -0.05) is 30.3 Å². The molecule has 2 aromatic heterocycles. The average molecular weight is 390 g/mol. The van der Waals surface area contributed by atoms with Crippen molar-refractivity contribution in [1.29, 1.82) is 0 Å². The van der Waals surface area contributed by atoms with Gasteiger partial charge in [-0.15, -0.1) is 0 Å². The Hall–Kier alpha value is -3.55. The number of carbonyl (C=O) groups excluding carboxylic acids is 1. The van der Waals surface area contributed by atoms with E-state index in [1.165, 1.54) is 10.7 Å². The van der Waals surface area contributed by atoms with Crippen LogP contribution in [0.3, 0.4) is 0 Å². The molecule has 1 aromatic carbocycles. The molecule has 29 heavy (non-hydrogen) atoms. The maximum Gasteiger partial charge on any atom is 0.270 e. The van der Waals surface area contributed by atoms with E-state index in [4.69, 9.17) is 5.73 Å². The lowest BCUT2D eigenvalue weighted by Crippen LogP contribution is -2.33. The van der Waals surface area contributed by atoms with Crippen LogP contribution in [-0.2, 0) is 19.4 Å². The van der Waals surface area contributed by atoms with Crippen molar-refractivity contribution in [1.82, 2.24) is 25.1 Å². The number of nitrogens with one attached hydrogen (secondary N) is 1. The summed E-state index contributed by atoms with van der Waals surface area (Å²) in [7, 11) is 0. The molecule has 0 saturated carbocycles. The third-order valence-electron chi connectivity index (χ3n) is 4.96. The van der Waals surface area contributed by atoms with Crippen molar-refractivity contribution in [2.45, 2.75) is 32.2 Å². The van der Waals surface area contributed by atoms with E-state index >= 15 is 0 Å². The second-order valence-corrected chi connectivity index (χ2v) is 6.96. The largest absolute Gasteiger partial charge is 0.368 e. The molecule has 3 aromatic rings. The lowest BCUT2D eigenvalue weighted by atomic mass is 9.94.